The van der Waals surface area contributed by atoms with Crippen molar-refractivity contribution in [1.29, 1.82) is 0 Å². The Balaban J connectivity index is 1.65. The van der Waals surface area contributed by atoms with Crippen LogP contribution in [0.5, 0.6) is 0 Å². The van der Waals surface area contributed by atoms with E-state index in [4.69, 9.17) is 11.6 Å². The molecule has 2 heterocycles. The van der Waals surface area contributed by atoms with Gasteiger partial charge in [0, 0.05) is 50.0 Å². The van der Waals surface area contributed by atoms with E-state index in [0.717, 1.165) is 12.2 Å². The van der Waals surface area contributed by atoms with E-state index in [0.29, 0.717) is 26.2 Å². The van der Waals surface area contributed by atoms with Crippen molar-refractivity contribution in [3.63, 3.8) is 0 Å². The van der Waals surface area contributed by atoms with Crippen molar-refractivity contribution in [2.24, 2.45) is 0 Å². The van der Waals surface area contributed by atoms with E-state index < -0.39 is 4.92 Å². The van der Waals surface area contributed by atoms with Crippen LogP contribution in [0.1, 0.15) is 16.1 Å². The molecule has 0 unspecified atom stereocenters. The first-order valence-corrected chi connectivity index (χ1v) is 8.28. The van der Waals surface area contributed by atoms with Crippen LogP contribution < -0.4 is 0 Å². The summed E-state index contributed by atoms with van der Waals surface area (Å²) >= 11 is 5.81. The van der Waals surface area contributed by atoms with E-state index in [-0.39, 0.29) is 22.2 Å². The number of nitro groups is 1. The van der Waals surface area contributed by atoms with Gasteiger partial charge in [0.25, 0.3) is 11.6 Å². The zero-order chi connectivity index (χ0) is 17.8. The third kappa shape index (κ3) is 4.12. The Bertz CT molecular complexity index is 777. The first-order valence-electron chi connectivity index (χ1n) is 7.90. The highest BCUT2D eigenvalue weighted by atomic mass is 35.5. The van der Waals surface area contributed by atoms with Crippen molar-refractivity contribution >= 4 is 23.2 Å². The molecule has 0 N–H and O–H groups in total. The lowest BCUT2D eigenvalue weighted by molar-refractivity contribution is -0.385. The fraction of sp³-hybridized carbons (Fsp3) is 0.294. The second-order valence-electron chi connectivity index (χ2n) is 5.81. The molecule has 1 aromatic heterocycles. The number of rotatable bonds is 4. The van der Waals surface area contributed by atoms with Gasteiger partial charge in [-0.05, 0) is 24.3 Å². The topological polar surface area (TPSA) is 79.6 Å². The molecule has 1 fully saturated rings. The molecule has 2 aromatic rings. The number of halogens is 1. The minimum atomic E-state index is -0.573. The molecular formula is C17H17ClN4O3. The van der Waals surface area contributed by atoms with E-state index in [1.54, 1.807) is 11.1 Å². The molecule has 0 saturated carbocycles. The lowest BCUT2D eigenvalue weighted by atomic mass is 10.1. The Morgan fingerprint density at radius 2 is 1.96 bits per heavy atom. The monoisotopic (exact) mass is 360 g/mol. The largest absolute Gasteiger partial charge is 0.336 e. The standard InChI is InChI=1S/C17H17ClN4O3/c18-13-4-5-15(16(11-13)22(24)25)17(23)21-9-7-20(8-10-21)12-14-3-1-2-6-19-14/h1-6,11H,7-10,12H2. The summed E-state index contributed by atoms with van der Waals surface area (Å²) in [6.45, 7) is 3.16. The molecule has 25 heavy (non-hydrogen) atoms. The van der Waals surface area contributed by atoms with Crippen LogP contribution in [0.2, 0.25) is 5.02 Å². The zero-order valence-electron chi connectivity index (χ0n) is 13.5. The number of hydrogen-bond donors (Lipinski definition) is 0. The molecule has 0 spiro atoms. The molecule has 8 heteroatoms. The Morgan fingerprint density at radius 1 is 1.20 bits per heavy atom. The minimum absolute atomic E-state index is 0.0765. The molecule has 0 radical (unpaired) electrons. The second kappa shape index (κ2) is 7.58. The van der Waals surface area contributed by atoms with Crippen LogP contribution in [0.25, 0.3) is 0 Å². The molecule has 0 atom stereocenters. The number of nitro benzene ring substituents is 1. The molecule has 0 bridgehead atoms. The van der Waals surface area contributed by atoms with Gasteiger partial charge in [0.1, 0.15) is 5.56 Å². The van der Waals surface area contributed by atoms with Crippen LogP contribution in [0.15, 0.2) is 42.6 Å². The SMILES string of the molecule is O=C(c1ccc(Cl)cc1[N+](=O)[O-])N1CCN(Cc2ccccn2)CC1. The van der Waals surface area contributed by atoms with Crippen molar-refractivity contribution in [2.45, 2.75) is 6.54 Å². The van der Waals surface area contributed by atoms with Crippen LogP contribution >= 0.6 is 11.6 Å². The summed E-state index contributed by atoms with van der Waals surface area (Å²) in [5.41, 5.74) is 0.802. The van der Waals surface area contributed by atoms with E-state index >= 15 is 0 Å². The fourth-order valence-corrected chi connectivity index (χ4v) is 3.00. The van der Waals surface area contributed by atoms with Crippen LogP contribution in [-0.4, -0.2) is 51.8 Å². The van der Waals surface area contributed by atoms with Crippen LogP contribution in [0.4, 0.5) is 5.69 Å². The van der Waals surface area contributed by atoms with Gasteiger partial charge in [-0.1, -0.05) is 17.7 Å². The maximum absolute atomic E-state index is 12.6. The molecule has 1 amide bonds. The molecule has 1 saturated heterocycles. The predicted octanol–water partition coefficient (Wildman–Crippen LogP) is 2.60. The highest BCUT2D eigenvalue weighted by Gasteiger charge is 2.27. The molecule has 1 aromatic carbocycles. The highest BCUT2D eigenvalue weighted by Crippen LogP contribution is 2.25. The maximum Gasteiger partial charge on any atom is 0.283 e. The first-order chi connectivity index (χ1) is 12.0. The molecule has 130 valence electrons. The van der Waals surface area contributed by atoms with Gasteiger partial charge in [0.15, 0.2) is 0 Å². The average Bonchev–Trinajstić information content (AvgIpc) is 2.62. The van der Waals surface area contributed by atoms with Crippen molar-refractivity contribution in [1.82, 2.24) is 14.8 Å². The number of hydrogen-bond acceptors (Lipinski definition) is 5. The molecule has 1 aliphatic heterocycles. The number of carbonyl (C=O) groups excluding carboxylic acids is 1. The normalized spacial score (nSPS) is 15.2. The highest BCUT2D eigenvalue weighted by molar-refractivity contribution is 6.31. The average molecular weight is 361 g/mol. The smallest absolute Gasteiger partial charge is 0.283 e. The number of amides is 1. The predicted molar refractivity (Wildman–Crippen MR) is 93.5 cm³/mol. The minimum Gasteiger partial charge on any atom is -0.336 e. The van der Waals surface area contributed by atoms with Gasteiger partial charge in [0.2, 0.25) is 0 Å². The Kier molecular flexibility index (Phi) is 5.25. The number of aromatic nitrogens is 1. The van der Waals surface area contributed by atoms with Gasteiger partial charge < -0.3 is 4.90 Å². The Labute approximate surface area is 150 Å². The summed E-state index contributed by atoms with van der Waals surface area (Å²) < 4.78 is 0. The van der Waals surface area contributed by atoms with Crippen molar-refractivity contribution < 1.29 is 9.72 Å². The summed E-state index contributed by atoms with van der Waals surface area (Å²) in [6, 6.07) is 9.92. The molecule has 1 aliphatic rings. The Hall–Kier alpha value is -2.51. The number of carbonyl (C=O) groups is 1. The summed E-state index contributed by atoms with van der Waals surface area (Å²) in [4.78, 5) is 31.4. The van der Waals surface area contributed by atoms with E-state index in [2.05, 4.69) is 9.88 Å². The van der Waals surface area contributed by atoms with Gasteiger partial charge in [0.05, 0.1) is 10.6 Å². The third-order valence-corrected chi connectivity index (χ3v) is 4.39. The van der Waals surface area contributed by atoms with Gasteiger partial charge in [-0.3, -0.25) is 24.8 Å². The summed E-state index contributed by atoms with van der Waals surface area (Å²) in [5.74, 6) is -0.333. The second-order valence-corrected chi connectivity index (χ2v) is 6.24. The fourth-order valence-electron chi connectivity index (χ4n) is 2.84. The van der Waals surface area contributed by atoms with Crippen LogP contribution in [0.3, 0.4) is 0 Å². The summed E-state index contributed by atoms with van der Waals surface area (Å²) in [5, 5.41) is 11.4. The molecule has 3 rings (SSSR count). The maximum atomic E-state index is 12.6. The number of benzene rings is 1. The zero-order valence-corrected chi connectivity index (χ0v) is 14.2. The third-order valence-electron chi connectivity index (χ3n) is 4.16. The lowest BCUT2D eigenvalue weighted by Crippen LogP contribution is -2.48. The van der Waals surface area contributed by atoms with Crippen LogP contribution in [0, 0.1) is 10.1 Å². The van der Waals surface area contributed by atoms with Crippen molar-refractivity contribution in [3.8, 4) is 0 Å². The number of pyridine rings is 1. The lowest BCUT2D eigenvalue weighted by Gasteiger charge is -2.34. The van der Waals surface area contributed by atoms with E-state index in [1.165, 1.54) is 18.2 Å². The van der Waals surface area contributed by atoms with Gasteiger partial charge in [-0.15, -0.1) is 0 Å². The quantitative estimate of drug-likeness (QED) is 0.618. The van der Waals surface area contributed by atoms with Gasteiger partial charge in [-0.2, -0.15) is 0 Å². The summed E-state index contributed by atoms with van der Waals surface area (Å²) in [6.07, 6.45) is 1.76. The van der Waals surface area contributed by atoms with Crippen LogP contribution in [-0.2, 0) is 6.54 Å². The molecular weight excluding hydrogens is 344 g/mol. The number of piperazine rings is 1. The number of nitrogens with zero attached hydrogens (tertiary/aromatic N) is 4. The Morgan fingerprint density at radius 3 is 2.60 bits per heavy atom. The van der Waals surface area contributed by atoms with Gasteiger partial charge in [-0.25, -0.2) is 0 Å². The van der Waals surface area contributed by atoms with E-state index in [1.807, 2.05) is 18.2 Å². The molecule has 0 aliphatic carbocycles. The molecule has 7 nitrogen and oxygen atoms in total. The van der Waals surface area contributed by atoms with Crippen molar-refractivity contribution in [3.05, 3.63) is 69.0 Å². The summed E-state index contributed by atoms with van der Waals surface area (Å²) in [7, 11) is 0. The van der Waals surface area contributed by atoms with Gasteiger partial charge >= 0.3 is 0 Å². The van der Waals surface area contributed by atoms with Crippen molar-refractivity contribution in [2.75, 3.05) is 26.2 Å². The van der Waals surface area contributed by atoms with E-state index in [9.17, 15) is 14.9 Å². The first kappa shape index (κ1) is 17.3.